The van der Waals surface area contributed by atoms with Gasteiger partial charge in [-0.2, -0.15) is 5.10 Å². The number of aliphatic hydroxyl groups excluding tert-OH is 1. The van der Waals surface area contributed by atoms with Gasteiger partial charge in [0, 0.05) is 12.1 Å². The van der Waals surface area contributed by atoms with Crippen LogP contribution in [0, 0.1) is 6.92 Å². The summed E-state index contributed by atoms with van der Waals surface area (Å²) in [6.07, 6.45) is 3.97. The van der Waals surface area contributed by atoms with E-state index in [-0.39, 0.29) is 6.61 Å². The van der Waals surface area contributed by atoms with Gasteiger partial charge in [-0.3, -0.25) is 0 Å². The van der Waals surface area contributed by atoms with Crippen molar-refractivity contribution in [1.29, 1.82) is 0 Å². The van der Waals surface area contributed by atoms with Gasteiger partial charge in [-0.25, -0.2) is 14.6 Å². The molecule has 1 aliphatic heterocycles. The Morgan fingerprint density at radius 2 is 2.04 bits per heavy atom. The molecule has 25 heavy (non-hydrogen) atoms. The van der Waals surface area contributed by atoms with E-state index in [1.807, 2.05) is 11.5 Å². The maximum Gasteiger partial charge on any atom is 0.158 e. The molecule has 0 spiro atoms. The Hall–Kier alpha value is -2.25. The van der Waals surface area contributed by atoms with Gasteiger partial charge >= 0.3 is 0 Å². The molecule has 3 aromatic rings. The molecule has 132 valence electrons. The first-order valence-corrected chi connectivity index (χ1v) is 8.83. The minimum Gasteiger partial charge on any atom is -0.395 e. The molecule has 0 radical (unpaired) electrons. The smallest absolute Gasteiger partial charge is 0.158 e. The van der Waals surface area contributed by atoms with Crippen LogP contribution in [0.1, 0.15) is 24.7 Å². The van der Waals surface area contributed by atoms with E-state index in [2.05, 4.69) is 49.9 Å². The van der Waals surface area contributed by atoms with Crippen molar-refractivity contribution >= 4 is 11.0 Å². The van der Waals surface area contributed by atoms with Gasteiger partial charge in [0.15, 0.2) is 5.82 Å². The molecular formula is C18H24N6O. The van der Waals surface area contributed by atoms with Gasteiger partial charge in [0.2, 0.25) is 0 Å². The monoisotopic (exact) mass is 340 g/mol. The second kappa shape index (κ2) is 6.57. The number of piperidine rings is 1. The Kier molecular flexibility index (Phi) is 4.27. The Labute approximate surface area is 146 Å². The number of hydrogen-bond acceptors (Lipinski definition) is 5. The SMILES string of the molecule is Cc1nc(-c2ccc3c(c2)ncn3CCO)n(C2CCN(C)CC2)n1. The van der Waals surface area contributed by atoms with E-state index >= 15 is 0 Å². The fourth-order valence-corrected chi connectivity index (χ4v) is 3.61. The van der Waals surface area contributed by atoms with E-state index < -0.39 is 0 Å². The van der Waals surface area contributed by atoms with Crippen LogP contribution < -0.4 is 0 Å². The molecule has 1 N–H and O–H groups in total. The first-order valence-electron chi connectivity index (χ1n) is 8.83. The van der Waals surface area contributed by atoms with Crippen LogP contribution in [0.4, 0.5) is 0 Å². The zero-order valence-corrected chi connectivity index (χ0v) is 14.8. The zero-order valence-electron chi connectivity index (χ0n) is 14.8. The second-order valence-electron chi connectivity index (χ2n) is 6.83. The molecule has 0 saturated carbocycles. The molecule has 1 fully saturated rings. The van der Waals surface area contributed by atoms with Crippen LogP contribution in [0.25, 0.3) is 22.4 Å². The maximum absolute atomic E-state index is 9.16. The normalized spacial score (nSPS) is 16.8. The Balaban J connectivity index is 1.71. The van der Waals surface area contributed by atoms with E-state index in [0.29, 0.717) is 12.6 Å². The predicted molar refractivity (Wildman–Crippen MR) is 96.3 cm³/mol. The van der Waals surface area contributed by atoms with Crippen LogP contribution in [-0.2, 0) is 6.54 Å². The standard InChI is InChI=1S/C18H24N6O/c1-13-20-18(24(21-13)15-5-7-22(2)8-6-15)14-3-4-17-16(11-14)19-12-23(17)9-10-25/h3-4,11-12,15,25H,5-10H2,1-2H3. The van der Waals surface area contributed by atoms with Crippen molar-refractivity contribution in [2.45, 2.75) is 32.4 Å². The molecule has 0 atom stereocenters. The van der Waals surface area contributed by atoms with Crippen molar-refractivity contribution in [3.8, 4) is 11.4 Å². The van der Waals surface area contributed by atoms with Crippen molar-refractivity contribution in [2.24, 2.45) is 0 Å². The van der Waals surface area contributed by atoms with E-state index in [0.717, 1.165) is 54.2 Å². The molecule has 7 nitrogen and oxygen atoms in total. The van der Waals surface area contributed by atoms with Gasteiger partial charge in [0.1, 0.15) is 5.82 Å². The highest BCUT2D eigenvalue weighted by molar-refractivity contribution is 5.80. The lowest BCUT2D eigenvalue weighted by molar-refractivity contribution is 0.213. The van der Waals surface area contributed by atoms with Crippen molar-refractivity contribution < 1.29 is 5.11 Å². The van der Waals surface area contributed by atoms with Gasteiger partial charge in [-0.15, -0.1) is 0 Å². The third-order valence-electron chi connectivity index (χ3n) is 4.99. The van der Waals surface area contributed by atoms with Crippen molar-refractivity contribution in [1.82, 2.24) is 29.2 Å². The number of aliphatic hydroxyl groups is 1. The fraction of sp³-hybridized carbons (Fsp3) is 0.500. The van der Waals surface area contributed by atoms with Crippen LogP contribution in [-0.4, -0.2) is 61.1 Å². The number of benzene rings is 1. The van der Waals surface area contributed by atoms with Gasteiger partial charge < -0.3 is 14.6 Å². The van der Waals surface area contributed by atoms with Gasteiger partial charge in [0.05, 0.1) is 30.0 Å². The predicted octanol–water partition coefficient (Wildman–Crippen LogP) is 1.86. The topological polar surface area (TPSA) is 72.0 Å². The molecule has 0 aliphatic carbocycles. The fourth-order valence-electron chi connectivity index (χ4n) is 3.61. The molecule has 0 unspecified atom stereocenters. The molecule has 1 aliphatic rings. The maximum atomic E-state index is 9.16. The highest BCUT2D eigenvalue weighted by Crippen LogP contribution is 2.29. The molecule has 4 rings (SSSR count). The number of nitrogens with zero attached hydrogens (tertiary/aromatic N) is 6. The van der Waals surface area contributed by atoms with Crippen molar-refractivity contribution in [3.05, 3.63) is 30.4 Å². The molecule has 0 amide bonds. The number of likely N-dealkylation sites (tertiary alicyclic amines) is 1. The third-order valence-corrected chi connectivity index (χ3v) is 4.99. The minimum atomic E-state index is 0.108. The summed E-state index contributed by atoms with van der Waals surface area (Å²) in [5.41, 5.74) is 2.99. The van der Waals surface area contributed by atoms with E-state index in [1.165, 1.54) is 0 Å². The third kappa shape index (κ3) is 3.05. The summed E-state index contributed by atoms with van der Waals surface area (Å²) in [7, 11) is 2.17. The quantitative estimate of drug-likeness (QED) is 0.785. The molecular weight excluding hydrogens is 316 g/mol. The number of fused-ring (bicyclic) bond motifs is 1. The Morgan fingerprint density at radius 1 is 1.24 bits per heavy atom. The summed E-state index contributed by atoms with van der Waals surface area (Å²) in [6, 6.07) is 6.59. The van der Waals surface area contributed by atoms with Crippen molar-refractivity contribution in [2.75, 3.05) is 26.7 Å². The lowest BCUT2D eigenvalue weighted by Gasteiger charge is -2.29. The van der Waals surface area contributed by atoms with Crippen LogP contribution in [0.2, 0.25) is 0 Å². The molecule has 1 saturated heterocycles. The Morgan fingerprint density at radius 3 is 2.80 bits per heavy atom. The molecule has 7 heteroatoms. The van der Waals surface area contributed by atoms with Gasteiger partial charge in [-0.1, -0.05) is 0 Å². The average Bonchev–Trinajstić information content (AvgIpc) is 3.19. The first kappa shape index (κ1) is 16.2. The van der Waals surface area contributed by atoms with E-state index in [9.17, 15) is 0 Å². The first-order chi connectivity index (χ1) is 12.2. The summed E-state index contributed by atoms with van der Waals surface area (Å²) in [4.78, 5) is 11.5. The summed E-state index contributed by atoms with van der Waals surface area (Å²) < 4.78 is 4.07. The highest BCUT2D eigenvalue weighted by Gasteiger charge is 2.23. The number of hydrogen-bond donors (Lipinski definition) is 1. The summed E-state index contributed by atoms with van der Waals surface area (Å²) in [5.74, 6) is 1.73. The summed E-state index contributed by atoms with van der Waals surface area (Å²) in [5, 5.41) is 13.8. The molecule has 3 heterocycles. The molecule has 0 bridgehead atoms. The van der Waals surface area contributed by atoms with Crippen LogP contribution in [0.5, 0.6) is 0 Å². The van der Waals surface area contributed by atoms with E-state index in [4.69, 9.17) is 5.11 Å². The second-order valence-corrected chi connectivity index (χ2v) is 6.83. The van der Waals surface area contributed by atoms with Crippen LogP contribution in [0.3, 0.4) is 0 Å². The van der Waals surface area contributed by atoms with Gasteiger partial charge in [-0.05, 0) is 58.1 Å². The molecule has 1 aromatic carbocycles. The summed E-state index contributed by atoms with van der Waals surface area (Å²) >= 11 is 0. The van der Waals surface area contributed by atoms with Crippen LogP contribution in [0.15, 0.2) is 24.5 Å². The lowest BCUT2D eigenvalue weighted by atomic mass is 10.1. The van der Waals surface area contributed by atoms with Crippen LogP contribution >= 0.6 is 0 Å². The molecule has 2 aromatic heterocycles. The number of rotatable bonds is 4. The zero-order chi connectivity index (χ0) is 17.4. The minimum absolute atomic E-state index is 0.108. The number of aromatic nitrogens is 5. The summed E-state index contributed by atoms with van der Waals surface area (Å²) in [6.45, 7) is 4.79. The van der Waals surface area contributed by atoms with Crippen molar-refractivity contribution in [3.63, 3.8) is 0 Å². The largest absolute Gasteiger partial charge is 0.395 e. The van der Waals surface area contributed by atoms with Gasteiger partial charge in [0.25, 0.3) is 0 Å². The van der Waals surface area contributed by atoms with E-state index in [1.54, 1.807) is 6.33 Å². The number of imidazole rings is 1. The Bertz CT molecular complexity index is 875. The highest BCUT2D eigenvalue weighted by atomic mass is 16.3. The number of aryl methyl sites for hydroxylation is 1. The average molecular weight is 340 g/mol. The lowest BCUT2D eigenvalue weighted by Crippen LogP contribution is -2.32.